The highest BCUT2D eigenvalue weighted by atomic mass is 19.1. The first-order valence-corrected chi connectivity index (χ1v) is 5.88. The summed E-state index contributed by atoms with van der Waals surface area (Å²) in [5.41, 5.74) is 6.11. The molecule has 3 nitrogen and oxygen atoms in total. The van der Waals surface area contributed by atoms with Gasteiger partial charge in [-0.15, -0.1) is 0 Å². The number of benzene rings is 1. The second-order valence-corrected chi connectivity index (χ2v) is 4.95. The Morgan fingerprint density at radius 2 is 2.06 bits per heavy atom. The zero-order chi connectivity index (χ0) is 12.5. The van der Waals surface area contributed by atoms with Crippen LogP contribution in [0.5, 0.6) is 0 Å². The van der Waals surface area contributed by atoms with Crippen LogP contribution in [0.3, 0.4) is 0 Å². The maximum atomic E-state index is 12.9. The van der Waals surface area contributed by atoms with E-state index >= 15 is 0 Å². The number of rotatable bonds is 2. The molecule has 0 bridgehead atoms. The maximum absolute atomic E-state index is 12.9. The molecular formula is C13H17FN2O. The first kappa shape index (κ1) is 11.9. The minimum atomic E-state index is -0.396. The largest absolute Gasteiger partial charge is 0.397 e. The Hall–Kier alpha value is -1.58. The maximum Gasteiger partial charge on any atom is 0.230 e. The van der Waals surface area contributed by atoms with Crippen LogP contribution in [-0.4, -0.2) is 5.91 Å². The summed E-state index contributed by atoms with van der Waals surface area (Å²) in [4.78, 5) is 12.1. The van der Waals surface area contributed by atoms with Crippen molar-refractivity contribution in [2.45, 2.75) is 32.6 Å². The normalized spacial score (nSPS) is 18.0. The van der Waals surface area contributed by atoms with Crippen LogP contribution in [0.25, 0.3) is 0 Å². The highest BCUT2D eigenvalue weighted by Gasteiger charge is 2.36. The fourth-order valence-electron chi connectivity index (χ4n) is 2.30. The molecule has 1 amide bonds. The van der Waals surface area contributed by atoms with Crippen molar-refractivity contribution in [1.82, 2.24) is 0 Å². The van der Waals surface area contributed by atoms with Gasteiger partial charge >= 0.3 is 0 Å². The van der Waals surface area contributed by atoms with Crippen LogP contribution >= 0.6 is 0 Å². The molecule has 0 unspecified atom stereocenters. The second kappa shape index (κ2) is 4.35. The third kappa shape index (κ3) is 2.40. The number of nitrogen functional groups attached to an aromatic ring is 1. The van der Waals surface area contributed by atoms with E-state index in [9.17, 15) is 9.18 Å². The molecule has 1 aliphatic carbocycles. The quantitative estimate of drug-likeness (QED) is 0.776. The molecular weight excluding hydrogens is 219 g/mol. The molecule has 92 valence electrons. The van der Waals surface area contributed by atoms with Gasteiger partial charge in [-0.3, -0.25) is 4.79 Å². The summed E-state index contributed by atoms with van der Waals surface area (Å²) in [5.74, 6) is -0.416. The highest BCUT2D eigenvalue weighted by Crippen LogP contribution is 2.38. The van der Waals surface area contributed by atoms with Gasteiger partial charge < -0.3 is 11.1 Å². The number of nitrogens with two attached hydrogens (primary N) is 1. The second-order valence-electron chi connectivity index (χ2n) is 4.95. The van der Waals surface area contributed by atoms with Gasteiger partial charge in [-0.1, -0.05) is 19.8 Å². The van der Waals surface area contributed by atoms with Crippen molar-refractivity contribution in [1.29, 1.82) is 0 Å². The molecule has 4 heteroatoms. The number of anilines is 2. The van der Waals surface area contributed by atoms with Crippen molar-refractivity contribution in [3.05, 3.63) is 24.0 Å². The predicted molar refractivity (Wildman–Crippen MR) is 66.0 cm³/mol. The van der Waals surface area contributed by atoms with E-state index in [2.05, 4.69) is 5.32 Å². The van der Waals surface area contributed by atoms with Gasteiger partial charge in [0.15, 0.2) is 0 Å². The molecule has 0 atom stereocenters. The topological polar surface area (TPSA) is 55.1 Å². The van der Waals surface area contributed by atoms with Crippen molar-refractivity contribution in [3.63, 3.8) is 0 Å². The number of amides is 1. The molecule has 0 spiro atoms. The fraction of sp³-hybridized carbons (Fsp3) is 0.462. The van der Waals surface area contributed by atoms with Crippen molar-refractivity contribution in [3.8, 4) is 0 Å². The summed E-state index contributed by atoms with van der Waals surface area (Å²) in [6, 6.07) is 4.01. The fourth-order valence-corrected chi connectivity index (χ4v) is 2.30. The van der Waals surface area contributed by atoms with E-state index in [1.807, 2.05) is 6.92 Å². The Morgan fingerprint density at radius 3 is 2.65 bits per heavy atom. The molecule has 0 aromatic heterocycles. The molecule has 0 radical (unpaired) electrons. The van der Waals surface area contributed by atoms with E-state index in [0.29, 0.717) is 5.69 Å². The Labute approximate surface area is 100 Å². The molecule has 1 saturated carbocycles. The van der Waals surface area contributed by atoms with Gasteiger partial charge in [0.2, 0.25) is 5.91 Å². The lowest BCUT2D eigenvalue weighted by Gasteiger charge is -2.22. The van der Waals surface area contributed by atoms with Gasteiger partial charge in [-0.2, -0.15) is 0 Å². The highest BCUT2D eigenvalue weighted by molar-refractivity contribution is 5.97. The smallest absolute Gasteiger partial charge is 0.230 e. The van der Waals surface area contributed by atoms with E-state index in [-0.39, 0.29) is 17.0 Å². The summed E-state index contributed by atoms with van der Waals surface area (Å²) in [5, 5.41) is 2.79. The Balaban J connectivity index is 2.13. The van der Waals surface area contributed by atoms with E-state index in [0.717, 1.165) is 25.7 Å². The standard InChI is InChI=1S/C13H17FN2O/c1-13(6-2-3-7-13)12(17)16-11-5-4-9(14)8-10(11)15/h4-5,8H,2-3,6-7,15H2,1H3,(H,16,17). The molecule has 0 aliphatic heterocycles. The Kier molecular flexibility index (Phi) is 3.05. The Bertz CT molecular complexity index is 439. The summed E-state index contributed by atoms with van der Waals surface area (Å²) in [7, 11) is 0. The van der Waals surface area contributed by atoms with Crippen LogP contribution in [0.15, 0.2) is 18.2 Å². The third-order valence-electron chi connectivity index (χ3n) is 3.52. The Morgan fingerprint density at radius 1 is 1.41 bits per heavy atom. The molecule has 1 aliphatic rings. The molecule has 1 aromatic carbocycles. The minimum absolute atomic E-state index is 0.0201. The predicted octanol–water partition coefficient (Wildman–Crippen LogP) is 2.93. The van der Waals surface area contributed by atoms with E-state index in [1.54, 1.807) is 0 Å². The van der Waals surface area contributed by atoms with Gasteiger partial charge in [-0.05, 0) is 31.0 Å². The summed E-state index contributed by atoms with van der Waals surface area (Å²) in [6.07, 6.45) is 3.98. The van der Waals surface area contributed by atoms with Gasteiger partial charge in [0, 0.05) is 5.41 Å². The molecule has 0 heterocycles. The molecule has 1 fully saturated rings. The summed E-state index contributed by atoms with van der Waals surface area (Å²) >= 11 is 0. The number of nitrogens with one attached hydrogen (secondary N) is 1. The van der Waals surface area contributed by atoms with Crippen molar-refractivity contribution in [2.24, 2.45) is 5.41 Å². The third-order valence-corrected chi connectivity index (χ3v) is 3.52. The average molecular weight is 236 g/mol. The molecule has 17 heavy (non-hydrogen) atoms. The zero-order valence-electron chi connectivity index (χ0n) is 9.92. The molecule has 2 rings (SSSR count). The molecule has 0 saturated heterocycles. The zero-order valence-corrected chi connectivity index (χ0v) is 9.92. The number of carbonyl (C=O) groups excluding carboxylic acids is 1. The van der Waals surface area contributed by atoms with Gasteiger partial charge in [0.1, 0.15) is 5.82 Å². The molecule has 1 aromatic rings. The lowest BCUT2D eigenvalue weighted by molar-refractivity contribution is -0.124. The number of hydrogen-bond donors (Lipinski definition) is 2. The van der Waals surface area contributed by atoms with Crippen LogP contribution in [0.2, 0.25) is 0 Å². The van der Waals surface area contributed by atoms with E-state index < -0.39 is 5.82 Å². The molecule has 3 N–H and O–H groups in total. The number of halogens is 1. The van der Waals surface area contributed by atoms with Crippen LogP contribution in [0.1, 0.15) is 32.6 Å². The van der Waals surface area contributed by atoms with Gasteiger partial charge in [0.05, 0.1) is 11.4 Å². The van der Waals surface area contributed by atoms with Crippen LogP contribution in [-0.2, 0) is 4.79 Å². The number of hydrogen-bond acceptors (Lipinski definition) is 2. The SMILES string of the molecule is CC1(C(=O)Nc2ccc(F)cc2N)CCCC1. The lowest BCUT2D eigenvalue weighted by atomic mass is 9.88. The first-order valence-electron chi connectivity index (χ1n) is 5.88. The van der Waals surface area contributed by atoms with Crippen LogP contribution in [0.4, 0.5) is 15.8 Å². The average Bonchev–Trinajstić information content (AvgIpc) is 2.71. The van der Waals surface area contributed by atoms with Gasteiger partial charge in [0.25, 0.3) is 0 Å². The monoisotopic (exact) mass is 236 g/mol. The summed E-state index contributed by atoms with van der Waals surface area (Å²) in [6.45, 7) is 1.97. The minimum Gasteiger partial charge on any atom is -0.397 e. The first-order chi connectivity index (χ1) is 8.01. The lowest BCUT2D eigenvalue weighted by Crippen LogP contribution is -2.31. The van der Waals surface area contributed by atoms with Crippen molar-refractivity contribution in [2.75, 3.05) is 11.1 Å². The van der Waals surface area contributed by atoms with Crippen LogP contribution in [0, 0.1) is 11.2 Å². The van der Waals surface area contributed by atoms with Crippen LogP contribution < -0.4 is 11.1 Å². The van der Waals surface area contributed by atoms with Gasteiger partial charge in [-0.25, -0.2) is 4.39 Å². The summed E-state index contributed by atoms with van der Waals surface area (Å²) < 4.78 is 12.9. The van der Waals surface area contributed by atoms with E-state index in [1.165, 1.54) is 18.2 Å². The number of carbonyl (C=O) groups is 1. The van der Waals surface area contributed by atoms with E-state index in [4.69, 9.17) is 5.73 Å². The van der Waals surface area contributed by atoms with Crippen molar-refractivity contribution >= 4 is 17.3 Å². The van der Waals surface area contributed by atoms with Crippen molar-refractivity contribution < 1.29 is 9.18 Å².